The highest BCUT2D eigenvalue weighted by atomic mass is 32.2. The number of benzene rings is 1. The van der Waals surface area contributed by atoms with Gasteiger partial charge in [-0.25, -0.2) is 0 Å². The largest absolute Gasteiger partial charge is 0.496 e. The summed E-state index contributed by atoms with van der Waals surface area (Å²) < 4.78 is 5.29. The van der Waals surface area contributed by atoms with Gasteiger partial charge in [-0.2, -0.15) is 11.8 Å². The Kier molecular flexibility index (Phi) is 4.10. The third kappa shape index (κ3) is 3.35. The van der Waals surface area contributed by atoms with Crippen molar-refractivity contribution >= 4 is 17.4 Å². The molecule has 1 aliphatic rings. The summed E-state index contributed by atoms with van der Waals surface area (Å²) in [6.45, 7) is 6.80. The Morgan fingerprint density at radius 2 is 2.17 bits per heavy atom. The van der Waals surface area contributed by atoms with E-state index in [0.717, 1.165) is 5.75 Å². The van der Waals surface area contributed by atoms with Gasteiger partial charge in [-0.15, -0.1) is 0 Å². The molecule has 0 bridgehead atoms. The molecule has 0 aliphatic carbocycles. The molecule has 1 unspecified atom stereocenters. The van der Waals surface area contributed by atoms with E-state index in [-0.39, 0.29) is 0 Å². The first-order valence-electron chi connectivity index (χ1n) is 6.49. The molecule has 1 aromatic carbocycles. The summed E-state index contributed by atoms with van der Waals surface area (Å²) in [4.78, 5) is 0. The van der Waals surface area contributed by atoms with Crippen molar-refractivity contribution in [2.75, 3.05) is 23.9 Å². The first-order valence-corrected chi connectivity index (χ1v) is 7.64. The molecule has 0 aromatic heterocycles. The molecule has 0 amide bonds. The fraction of sp³-hybridized carbons (Fsp3) is 0.600. The number of nitrogens with one attached hydrogen (secondary N) is 1. The van der Waals surface area contributed by atoms with Crippen LogP contribution in [0.5, 0.6) is 5.75 Å². The minimum Gasteiger partial charge on any atom is -0.496 e. The van der Waals surface area contributed by atoms with Crippen LogP contribution in [0.1, 0.15) is 25.8 Å². The monoisotopic (exact) mass is 265 g/mol. The zero-order chi connectivity index (χ0) is 13.2. The second-order valence-corrected chi connectivity index (χ2v) is 6.94. The maximum Gasteiger partial charge on any atom is 0.121 e. The second kappa shape index (κ2) is 5.43. The van der Waals surface area contributed by atoms with Gasteiger partial charge in [0.25, 0.3) is 0 Å². The number of hydrogen-bond acceptors (Lipinski definition) is 3. The van der Waals surface area contributed by atoms with Gasteiger partial charge in [0.05, 0.1) is 7.11 Å². The molecule has 2 nitrogen and oxygen atoms in total. The standard InChI is InChI=1S/C15H23NOS/c1-11-7-12(5-6-14(11)17-4)16-13-8-15(2,3)10-18-9-13/h5-7,13,16H,8-10H2,1-4H3. The topological polar surface area (TPSA) is 21.3 Å². The maximum atomic E-state index is 5.29. The number of anilines is 1. The van der Waals surface area contributed by atoms with Crippen LogP contribution in [0.25, 0.3) is 0 Å². The van der Waals surface area contributed by atoms with E-state index in [9.17, 15) is 0 Å². The maximum absolute atomic E-state index is 5.29. The summed E-state index contributed by atoms with van der Waals surface area (Å²) >= 11 is 2.05. The van der Waals surface area contributed by atoms with Crippen LogP contribution < -0.4 is 10.1 Å². The van der Waals surface area contributed by atoms with Crippen molar-refractivity contribution in [3.8, 4) is 5.75 Å². The van der Waals surface area contributed by atoms with Crippen molar-refractivity contribution in [2.45, 2.75) is 33.2 Å². The van der Waals surface area contributed by atoms with E-state index >= 15 is 0 Å². The number of rotatable bonds is 3. The number of methoxy groups -OCH3 is 1. The van der Waals surface area contributed by atoms with Gasteiger partial charge in [0.15, 0.2) is 0 Å². The van der Waals surface area contributed by atoms with E-state index in [4.69, 9.17) is 4.74 Å². The van der Waals surface area contributed by atoms with Crippen LogP contribution in [0.2, 0.25) is 0 Å². The van der Waals surface area contributed by atoms with E-state index in [1.165, 1.54) is 29.2 Å². The fourth-order valence-electron chi connectivity index (χ4n) is 2.56. The summed E-state index contributed by atoms with van der Waals surface area (Å²) in [5.41, 5.74) is 2.84. The Labute approximate surface area is 114 Å². The molecule has 1 saturated heterocycles. The molecule has 1 aromatic rings. The predicted molar refractivity (Wildman–Crippen MR) is 80.9 cm³/mol. The summed E-state index contributed by atoms with van der Waals surface area (Å²) in [6, 6.07) is 6.90. The van der Waals surface area contributed by atoms with Crippen LogP contribution in [0.15, 0.2) is 18.2 Å². The smallest absolute Gasteiger partial charge is 0.121 e. The molecular formula is C15H23NOS. The minimum absolute atomic E-state index is 0.447. The third-order valence-electron chi connectivity index (χ3n) is 3.38. The van der Waals surface area contributed by atoms with Crippen molar-refractivity contribution in [2.24, 2.45) is 5.41 Å². The Hall–Kier alpha value is -0.830. The van der Waals surface area contributed by atoms with E-state index in [2.05, 4.69) is 50.0 Å². The second-order valence-electron chi connectivity index (χ2n) is 5.91. The lowest BCUT2D eigenvalue weighted by atomic mass is 9.88. The van der Waals surface area contributed by atoms with Crippen molar-refractivity contribution in [3.05, 3.63) is 23.8 Å². The molecular weight excluding hydrogens is 242 g/mol. The molecule has 1 fully saturated rings. The van der Waals surface area contributed by atoms with E-state index in [0.29, 0.717) is 11.5 Å². The predicted octanol–water partition coefficient (Wildman–Crippen LogP) is 3.95. The average molecular weight is 265 g/mol. The van der Waals surface area contributed by atoms with Crippen LogP contribution in [0.3, 0.4) is 0 Å². The molecule has 1 aliphatic heterocycles. The lowest BCUT2D eigenvalue weighted by Gasteiger charge is -2.35. The van der Waals surface area contributed by atoms with Crippen LogP contribution in [0.4, 0.5) is 5.69 Å². The Balaban J connectivity index is 2.03. The number of hydrogen-bond donors (Lipinski definition) is 1. The van der Waals surface area contributed by atoms with Gasteiger partial charge >= 0.3 is 0 Å². The molecule has 0 spiro atoms. The first kappa shape index (κ1) is 13.6. The lowest BCUT2D eigenvalue weighted by Crippen LogP contribution is -2.35. The van der Waals surface area contributed by atoms with Gasteiger partial charge in [0.2, 0.25) is 0 Å². The highest BCUT2D eigenvalue weighted by molar-refractivity contribution is 7.99. The molecule has 2 rings (SSSR count). The first-order chi connectivity index (χ1) is 8.50. The number of ether oxygens (including phenoxy) is 1. The highest BCUT2D eigenvalue weighted by Gasteiger charge is 2.28. The number of aryl methyl sites for hydroxylation is 1. The number of thioether (sulfide) groups is 1. The van der Waals surface area contributed by atoms with Gasteiger partial charge < -0.3 is 10.1 Å². The van der Waals surface area contributed by atoms with Gasteiger partial charge in [0, 0.05) is 17.5 Å². The van der Waals surface area contributed by atoms with Gasteiger partial charge in [-0.05, 0) is 48.3 Å². The molecule has 0 saturated carbocycles. The molecule has 1 N–H and O–H groups in total. The Bertz CT molecular complexity index is 417. The SMILES string of the molecule is COc1ccc(NC2CSCC(C)(C)C2)cc1C. The van der Waals surface area contributed by atoms with E-state index in [1.807, 2.05) is 6.07 Å². The van der Waals surface area contributed by atoms with E-state index in [1.54, 1.807) is 7.11 Å². The fourth-order valence-corrected chi connectivity index (χ4v) is 3.83. The Morgan fingerprint density at radius 3 is 2.78 bits per heavy atom. The molecule has 0 radical (unpaired) electrons. The van der Waals surface area contributed by atoms with Crippen molar-refractivity contribution in [3.63, 3.8) is 0 Å². The molecule has 1 heterocycles. The van der Waals surface area contributed by atoms with Crippen molar-refractivity contribution in [1.82, 2.24) is 0 Å². The molecule has 18 heavy (non-hydrogen) atoms. The summed E-state index contributed by atoms with van der Waals surface area (Å²) in [6.07, 6.45) is 1.24. The lowest BCUT2D eigenvalue weighted by molar-refractivity contribution is 0.358. The van der Waals surface area contributed by atoms with E-state index < -0.39 is 0 Å². The Morgan fingerprint density at radius 1 is 1.39 bits per heavy atom. The van der Waals surface area contributed by atoms with Crippen molar-refractivity contribution in [1.29, 1.82) is 0 Å². The molecule has 1 atom stereocenters. The summed E-state index contributed by atoms with van der Waals surface area (Å²) in [5, 5.41) is 3.65. The van der Waals surface area contributed by atoms with Crippen LogP contribution >= 0.6 is 11.8 Å². The van der Waals surface area contributed by atoms with Crippen molar-refractivity contribution < 1.29 is 4.74 Å². The quantitative estimate of drug-likeness (QED) is 0.894. The zero-order valence-corrected chi connectivity index (χ0v) is 12.6. The van der Waals surface area contributed by atoms with Gasteiger partial charge in [-0.3, -0.25) is 0 Å². The minimum atomic E-state index is 0.447. The average Bonchev–Trinajstić information content (AvgIpc) is 2.28. The highest BCUT2D eigenvalue weighted by Crippen LogP contribution is 2.35. The zero-order valence-electron chi connectivity index (χ0n) is 11.7. The molecule has 100 valence electrons. The van der Waals surface area contributed by atoms with Crippen LogP contribution in [-0.4, -0.2) is 24.7 Å². The van der Waals surface area contributed by atoms with Crippen LogP contribution in [0, 0.1) is 12.3 Å². The van der Waals surface area contributed by atoms with Crippen LogP contribution in [-0.2, 0) is 0 Å². The summed E-state index contributed by atoms with van der Waals surface area (Å²) in [7, 11) is 1.72. The summed E-state index contributed by atoms with van der Waals surface area (Å²) in [5.74, 6) is 3.43. The van der Waals surface area contributed by atoms with Gasteiger partial charge in [-0.1, -0.05) is 13.8 Å². The molecule has 3 heteroatoms. The van der Waals surface area contributed by atoms with Gasteiger partial charge in [0.1, 0.15) is 5.75 Å². The third-order valence-corrected chi connectivity index (χ3v) is 5.00. The normalized spacial score (nSPS) is 22.6.